The molecule has 4 heterocycles. The molecule has 0 amide bonds. The summed E-state index contributed by atoms with van der Waals surface area (Å²) in [5.41, 5.74) is 1.81. The Bertz CT molecular complexity index is 2400. The molecule has 6 aromatic rings. The van der Waals surface area contributed by atoms with E-state index in [0.29, 0.717) is 39.8 Å². The molecule has 0 aliphatic rings. The van der Waals surface area contributed by atoms with Crippen molar-refractivity contribution in [1.82, 2.24) is 29.4 Å². The second-order valence-electron chi connectivity index (χ2n) is 10.3. The van der Waals surface area contributed by atoms with Gasteiger partial charge in [-0.05, 0) is 53.8 Å². The molecule has 50 heavy (non-hydrogen) atoms. The van der Waals surface area contributed by atoms with Crippen LogP contribution in [-0.2, 0) is 22.9 Å². The van der Waals surface area contributed by atoms with Gasteiger partial charge in [-0.1, -0.05) is 48.2 Å². The molecule has 0 spiro atoms. The molecule has 2 aromatic carbocycles. The van der Waals surface area contributed by atoms with Crippen LogP contribution in [0, 0.1) is 11.6 Å². The SMILES string of the molecule is C=CCn1oc(=O)c(-c2ccc(F)cc2)c1-c1ccnc(S(C)(=O)=O)n1.C=CCn1oc(=O)c(-c2ccc(F)cc2)c1-c1ccnc(SC)n1. The molecule has 0 bridgehead atoms. The van der Waals surface area contributed by atoms with Gasteiger partial charge in [-0.15, -0.1) is 13.2 Å². The van der Waals surface area contributed by atoms with E-state index >= 15 is 0 Å². The fourth-order valence-electron chi connectivity index (χ4n) is 4.79. The first-order chi connectivity index (χ1) is 23.9. The Hall–Kier alpha value is -5.74. The molecule has 0 saturated carbocycles. The Morgan fingerprint density at radius 2 is 1.18 bits per heavy atom. The third-order valence-electron chi connectivity index (χ3n) is 6.89. The zero-order valence-electron chi connectivity index (χ0n) is 26.6. The average Bonchev–Trinajstić information content (AvgIpc) is 3.61. The number of aromatic nitrogens is 6. The number of rotatable bonds is 10. The van der Waals surface area contributed by atoms with Gasteiger partial charge in [0.1, 0.15) is 23.0 Å². The first kappa shape index (κ1) is 35.6. The van der Waals surface area contributed by atoms with E-state index in [-0.39, 0.29) is 34.5 Å². The van der Waals surface area contributed by atoms with E-state index in [1.54, 1.807) is 30.5 Å². The van der Waals surface area contributed by atoms with Crippen LogP contribution in [0.5, 0.6) is 0 Å². The summed E-state index contributed by atoms with van der Waals surface area (Å²) in [5, 5.41) is 0.204. The average molecular weight is 719 g/mol. The Morgan fingerprint density at radius 3 is 1.60 bits per heavy atom. The highest BCUT2D eigenvalue weighted by Gasteiger charge is 2.24. The smallest absolute Gasteiger partial charge is 0.335 e. The van der Waals surface area contributed by atoms with E-state index in [2.05, 4.69) is 33.1 Å². The second kappa shape index (κ2) is 15.2. The molecule has 4 aromatic heterocycles. The van der Waals surface area contributed by atoms with Gasteiger partial charge in [-0.2, -0.15) is 9.48 Å². The van der Waals surface area contributed by atoms with Gasteiger partial charge in [-0.25, -0.2) is 46.7 Å². The molecule has 6 rings (SSSR count). The van der Waals surface area contributed by atoms with E-state index < -0.39 is 26.9 Å². The van der Waals surface area contributed by atoms with Crippen molar-refractivity contribution in [3.05, 3.63) is 131 Å². The summed E-state index contributed by atoms with van der Waals surface area (Å²) in [6.07, 6.45) is 8.89. The Balaban J connectivity index is 0.000000195. The Kier molecular flexibility index (Phi) is 10.8. The lowest BCUT2D eigenvalue weighted by molar-refractivity contribution is 0.272. The number of allylic oxidation sites excluding steroid dienone is 2. The molecular formula is C34H28F2N6O6S2. The van der Waals surface area contributed by atoms with Crippen molar-refractivity contribution in [3.63, 3.8) is 0 Å². The number of nitrogens with zero attached hydrogens (tertiary/aromatic N) is 6. The molecule has 0 N–H and O–H groups in total. The first-order valence-corrected chi connectivity index (χ1v) is 17.7. The molecule has 0 saturated heterocycles. The van der Waals surface area contributed by atoms with Crippen LogP contribution in [0.1, 0.15) is 0 Å². The lowest BCUT2D eigenvalue weighted by Gasteiger charge is -2.07. The third-order valence-corrected chi connectivity index (χ3v) is 8.31. The quantitative estimate of drug-likeness (QED) is 0.0943. The van der Waals surface area contributed by atoms with Crippen LogP contribution >= 0.6 is 11.8 Å². The van der Waals surface area contributed by atoms with Crippen LogP contribution in [0.25, 0.3) is 45.0 Å². The van der Waals surface area contributed by atoms with Crippen molar-refractivity contribution in [3.8, 4) is 45.0 Å². The summed E-state index contributed by atoms with van der Waals surface area (Å²) < 4.78 is 63.2. The lowest BCUT2D eigenvalue weighted by Crippen LogP contribution is -2.06. The van der Waals surface area contributed by atoms with Gasteiger partial charge in [-0.3, -0.25) is 0 Å². The van der Waals surface area contributed by atoms with Crippen molar-refractivity contribution < 1.29 is 26.2 Å². The van der Waals surface area contributed by atoms with E-state index in [9.17, 15) is 26.8 Å². The van der Waals surface area contributed by atoms with E-state index in [0.717, 1.165) is 6.26 Å². The summed E-state index contributed by atoms with van der Waals surface area (Å²) in [6, 6.07) is 14.1. The van der Waals surface area contributed by atoms with Gasteiger partial charge in [0.25, 0.3) is 0 Å². The van der Waals surface area contributed by atoms with Gasteiger partial charge in [0.15, 0.2) is 5.16 Å². The predicted octanol–water partition coefficient (Wildman–Crippen LogP) is 5.91. The highest BCUT2D eigenvalue weighted by Crippen LogP contribution is 2.31. The van der Waals surface area contributed by atoms with Gasteiger partial charge < -0.3 is 9.05 Å². The van der Waals surface area contributed by atoms with E-state index in [1.807, 2.05) is 6.26 Å². The molecule has 0 aliphatic heterocycles. The van der Waals surface area contributed by atoms with E-state index in [4.69, 9.17) is 9.05 Å². The second-order valence-corrected chi connectivity index (χ2v) is 13.0. The summed E-state index contributed by atoms with van der Waals surface area (Å²) >= 11 is 1.40. The number of halogens is 2. The minimum Gasteiger partial charge on any atom is -0.335 e. The number of sulfone groups is 1. The predicted molar refractivity (Wildman–Crippen MR) is 184 cm³/mol. The summed E-state index contributed by atoms with van der Waals surface area (Å²) in [6.45, 7) is 7.75. The molecule has 16 heteroatoms. The molecule has 0 aliphatic carbocycles. The fourth-order valence-corrected chi connectivity index (χ4v) is 5.67. The largest absolute Gasteiger partial charge is 0.366 e. The van der Waals surface area contributed by atoms with Gasteiger partial charge in [0.05, 0.1) is 35.6 Å². The van der Waals surface area contributed by atoms with Crippen LogP contribution in [0.4, 0.5) is 8.78 Å². The Morgan fingerprint density at radius 1 is 0.740 bits per heavy atom. The summed E-state index contributed by atoms with van der Waals surface area (Å²) in [4.78, 5) is 41.2. The number of hydrogen-bond donors (Lipinski definition) is 0. The van der Waals surface area contributed by atoms with E-state index in [1.165, 1.54) is 76.0 Å². The van der Waals surface area contributed by atoms with Gasteiger partial charge in [0.2, 0.25) is 15.0 Å². The van der Waals surface area contributed by atoms with Gasteiger partial charge in [0, 0.05) is 18.6 Å². The maximum Gasteiger partial charge on any atom is 0.366 e. The maximum absolute atomic E-state index is 13.2. The van der Waals surface area contributed by atoms with Crippen molar-refractivity contribution in [2.75, 3.05) is 12.5 Å². The summed E-state index contributed by atoms with van der Waals surface area (Å²) in [7, 11) is -3.64. The first-order valence-electron chi connectivity index (χ1n) is 14.6. The number of benzene rings is 2. The lowest BCUT2D eigenvalue weighted by atomic mass is 10.0. The molecule has 0 unspecified atom stereocenters. The number of hydrogen-bond acceptors (Lipinski definition) is 11. The van der Waals surface area contributed by atoms with Crippen LogP contribution < -0.4 is 11.3 Å². The fraction of sp³-hybridized carbons (Fsp3) is 0.118. The minimum atomic E-state index is -3.64. The zero-order valence-corrected chi connectivity index (χ0v) is 28.2. The monoisotopic (exact) mass is 718 g/mol. The van der Waals surface area contributed by atoms with Crippen molar-refractivity contribution in [2.45, 2.75) is 23.4 Å². The molecule has 0 atom stereocenters. The highest BCUT2D eigenvalue weighted by molar-refractivity contribution is 7.98. The highest BCUT2D eigenvalue weighted by atomic mass is 32.2. The molecule has 12 nitrogen and oxygen atoms in total. The maximum atomic E-state index is 13.2. The minimum absolute atomic E-state index is 0.144. The normalized spacial score (nSPS) is 11.1. The standard InChI is InChI=1S/C17H14FN3O4S.C17H14FN3O2S/c1-3-10-21-15(13-8-9-19-17(20-13)26(2,23)24)14(16(22)25-21)11-4-6-12(18)7-5-11;1-3-10-21-15(13-8-9-19-17(20-13)24-2)14(16(22)23-21)11-4-6-12(18)7-5-11/h3-9H,1,10H2,2H3;3-9H,1,10H2,2H3. The Labute approximate surface area is 288 Å². The molecule has 0 fully saturated rings. The van der Waals surface area contributed by atoms with Crippen molar-refractivity contribution in [2.24, 2.45) is 0 Å². The van der Waals surface area contributed by atoms with Crippen LogP contribution in [0.3, 0.4) is 0 Å². The zero-order chi connectivity index (χ0) is 36.0. The molecule has 256 valence electrons. The van der Waals surface area contributed by atoms with Crippen LogP contribution in [0.15, 0.2) is 127 Å². The van der Waals surface area contributed by atoms with Crippen LogP contribution in [0.2, 0.25) is 0 Å². The third kappa shape index (κ3) is 7.76. The molecule has 0 radical (unpaired) electrons. The molecular weight excluding hydrogens is 691 g/mol. The summed E-state index contributed by atoms with van der Waals surface area (Å²) in [5.74, 6) is -0.825. The number of thioether (sulfide) groups is 1. The van der Waals surface area contributed by atoms with Crippen LogP contribution in [-0.4, -0.2) is 50.3 Å². The van der Waals surface area contributed by atoms with Crippen molar-refractivity contribution >= 4 is 21.6 Å². The topological polar surface area (TPSA) is 156 Å². The van der Waals surface area contributed by atoms with Gasteiger partial charge >= 0.3 is 11.3 Å². The van der Waals surface area contributed by atoms with Crippen molar-refractivity contribution in [1.29, 1.82) is 0 Å².